The third-order valence-corrected chi connectivity index (χ3v) is 4.23. The number of benzene rings is 2. The lowest BCUT2D eigenvalue weighted by Crippen LogP contribution is -2.48. The van der Waals surface area contributed by atoms with Gasteiger partial charge in [0.15, 0.2) is 5.11 Å². The molecule has 3 N–H and O–H groups in total. The summed E-state index contributed by atoms with van der Waals surface area (Å²) in [5.74, 6) is 0.341. The standard InChI is InChI=1S/C19H20BrN3O3S/c1-12(2)11-26-14-9-7-13(8-10-14)17(24)21-19(27)23-22-18(25)15-5-3-4-6-16(15)20/h3-10,12H,11H2,1-2H3,(H,22,25)(H2,21,23,24,27). The lowest BCUT2D eigenvalue weighted by Gasteiger charge is -2.12. The molecule has 6 nitrogen and oxygen atoms in total. The van der Waals surface area contributed by atoms with Crippen LogP contribution < -0.4 is 20.9 Å². The summed E-state index contributed by atoms with van der Waals surface area (Å²) in [4.78, 5) is 24.3. The van der Waals surface area contributed by atoms with Crippen LogP contribution >= 0.6 is 28.1 Å². The summed E-state index contributed by atoms with van der Waals surface area (Å²) in [5, 5.41) is 2.49. The first kappa shape index (κ1) is 20.9. The van der Waals surface area contributed by atoms with Crippen molar-refractivity contribution in [2.75, 3.05) is 6.61 Å². The fourth-order valence-corrected chi connectivity index (χ4v) is 2.61. The number of thiocarbonyl (C=S) groups is 1. The summed E-state index contributed by atoms with van der Waals surface area (Å²) >= 11 is 8.33. The van der Waals surface area contributed by atoms with Crippen molar-refractivity contribution in [3.8, 4) is 5.75 Å². The van der Waals surface area contributed by atoms with E-state index in [2.05, 4.69) is 45.9 Å². The number of amides is 2. The van der Waals surface area contributed by atoms with Crippen LogP contribution in [0.15, 0.2) is 53.0 Å². The van der Waals surface area contributed by atoms with Crippen molar-refractivity contribution in [2.45, 2.75) is 13.8 Å². The second-order valence-electron chi connectivity index (χ2n) is 6.07. The van der Waals surface area contributed by atoms with Crippen molar-refractivity contribution in [1.82, 2.24) is 16.2 Å². The molecule has 0 spiro atoms. The SMILES string of the molecule is CC(C)COc1ccc(C(=O)NC(=S)NNC(=O)c2ccccc2Br)cc1. The second-order valence-corrected chi connectivity index (χ2v) is 7.33. The summed E-state index contributed by atoms with van der Waals surface area (Å²) in [6.07, 6.45) is 0. The Morgan fingerprint density at radius 3 is 2.33 bits per heavy atom. The van der Waals surface area contributed by atoms with E-state index in [4.69, 9.17) is 17.0 Å². The van der Waals surface area contributed by atoms with Crippen molar-refractivity contribution < 1.29 is 14.3 Å². The number of carbonyl (C=O) groups is 2. The minimum absolute atomic E-state index is 0.0134. The number of hydrazine groups is 1. The fraction of sp³-hybridized carbons (Fsp3) is 0.211. The predicted molar refractivity (Wildman–Crippen MR) is 112 cm³/mol. The summed E-state index contributed by atoms with van der Waals surface area (Å²) in [5.41, 5.74) is 5.81. The molecule has 0 bridgehead atoms. The molecular formula is C19H20BrN3O3S. The van der Waals surface area contributed by atoms with Gasteiger partial charge in [-0.05, 0) is 70.5 Å². The molecule has 27 heavy (non-hydrogen) atoms. The van der Waals surface area contributed by atoms with Gasteiger partial charge in [0, 0.05) is 10.0 Å². The van der Waals surface area contributed by atoms with Gasteiger partial charge in [0.05, 0.1) is 12.2 Å². The van der Waals surface area contributed by atoms with Gasteiger partial charge in [-0.15, -0.1) is 0 Å². The molecule has 0 heterocycles. The molecule has 0 saturated heterocycles. The molecule has 0 aliphatic heterocycles. The van der Waals surface area contributed by atoms with E-state index >= 15 is 0 Å². The second kappa shape index (κ2) is 10.0. The first-order chi connectivity index (χ1) is 12.9. The van der Waals surface area contributed by atoms with Gasteiger partial charge >= 0.3 is 0 Å². The van der Waals surface area contributed by atoms with E-state index in [1.165, 1.54) is 0 Å². The average Bonchev–Trinajstić information content (AvgIpc) is 2.65. The molecule has 0 fully saturated rings. The van der Waals surface area contributed by atoms with Crippen LogP contribution in [0.3, 0.4) is 0 Å². The first-order valence-electron chi connectivity index (χ1n) is 8.26. The van der Waals surface area contributed by atoms with Crippen LogP contribution in [0.5, 0.6) is 5.75 Å². The quantitative estimate of drug-likeness (QED) is 0.481. The third-order valence-electron chi connectivity index (χ3n) is 3.33. The topological polar surface area (TPSA) is 79.5 Å². The van der Waals surface area contributed by atoms with Gasteiger partial charge < -0.3 is 4.74 Å². The summed E-state index contributed by atoms with van der Waals surface area (Å²) in [7, 11) is 0. The minimum atomic E-state index is -0.391. The maximum Gasteiger partial charge on any atom is 0.270 e. The Bertz CT molecular complexity index is 825. The van der Waals surface area contributed by atoms with Crippen molar-refractivity contribution >= 4 is 45.1 Å². The van der Waals surface area contributed by atoms with Gasteiger partial charge in [-0.2, -0.15) is 0 Å². The van der Waals surface area contributed by atoms with Gasteiger partial charge in [-0.1, -0.05) is 26.0 Å². The van der Waals surface area contributed by atoms with E-state index < -0.39 is 5.91 Å². The average molecular weight is 450 g/mol. The number of nitrogens with one attached hydrogen (secondary N) is 3. The van der Waals surface area contributed by atoms with Crippen LogP contribution in [0.25, 0.3) is 0 Å². The molecule has 2 amide bonds. The lowest BCUT2D eigenvalue weighted by molar-refractivity contribution is 0.0934. The van der Waals surface area contributed by atoms with Gasteiger partial charge in [0.1, 0.15) is 5.75 Å². The number of ether oxygens (including phenoxy) is 1. The Labute approximate surface area is 171 Å². The third kappa shape index (κ3) is 6.65. The van der Waals surface area contributed by atoms with Crippen molar-refractivity contribution in [3.05, 3.63) is 64.1 Å². The Kier molecular flexibility index (Phi) is 7.75. The smallest absolute Gasteiger partial charge is 0.270 e. The molecule has 2 aromatic rings. The molecule has 2 rings (SSSR count). The molecule has 0 aliphatic rings. The van der Waals surface area contributed by atoms with Gasteiger partial charge in [-0.3, -0.25) is 25.8 Å². The molecule has 0 unspecified atom stereocenters. The zero-order valence-corrected chi connectivity index (χ0v) is 17.3. The number of hydrogen-bond acceptors (Lipinski definition) is 4. The Balaban J connectivity index is 1.84. The highest BCUT2D eigenvalue weighted by molar-refractivity contribution is 9.10. The van der Waals surface area contributed by atoms with Crippen LogP contribution in [0.1, 0.15) is 34.6 Å². The monoisotopic (exact) mass is 449 g/mol. The highest BCUT2D eigenvalue weighted by atomic mass is 79.9. The summed E-state index contributed by atoms with van der Waals surface area (Å²) in [6.45, 7) is 4.73. The van der Waals surface area contributed by atoms with E-state index in [0.29, 0.717) is 33.9 Å². The molecule has 0 atom stereocenters. The Hall–Kier alpha value is -2.45. The van der Waals surface area contributed by atoms with E-state index in [9.17, 15) is 9.59 Å². The van der Waals surface area contributed by atoms with E-state index in [-0.39, 0.29) is 11.0 Å². The van der Waals surface area contributed by atoms with Crippen LogP contribution in [0.2, 0.25) is 0 Å². The van der Waals surface area contributed by atoms with Gasteiger partial charge in [0.2, 0.25) is 0 Å². The van der Waals surface area contributed by atoms with Crippen LogP contribution in [0.4, 0.5) is 0 Å². The lowest BCUT2D eigenvalue weighted by atomic mass is 10.2. The number of hydrogen-bond donors (Lipinski definition) is 3. The highest BCUT2D eigenvalue weighted by Gasteiger charge is 2.11. The maximum atomic E-state index is 12.2. The molecule has 0 aromatic heterocycles. The number of rotatable bonds is 5. The van der Waals surface area contributed by atoms with Crippen molar-refractivity contribution in [2.24, 2.45) is 5.92 Å². The molecule has 0 aliphatic carbocycles. The van der Waals surface area contributed by atoms with Crippen LogP contribution in [-0.4, -0.2) is 23.5 Å². The fourth-order valence-electron chi connectivity index (χ4n) is 2.00. The van der Waals surface area contributed by atoms with E-state index in [1.807, 2.05) is 0 Å². The van der Waals surface area contributed by atoms with Crippen molar-refractivity contribution in [1.29, 1.82) is 0 Å². The van der Waals surface area contributed by atoms with Gasteiger partial charge in [-0.25, -0.2) is 0 Å². The normalized spacial score (nSPS) is 10.2. The zero-order chi connectivity index (χ0) is 19.8. The molecule has 2 aromatic carbocycles. The highest BCUT2D eigenvalue weighted by Crippen LogP contribution is 2.15. The Morgan fingerprint density at radius 2 is 1.70 bits per heavy atom. The molecule has 8 heteroatoms. The molecular weight excluding hydrogens is 430 g/mol. The largest absolute Gasteiger partial charge is 0.493 e. The maximum absolute atomic E-state index is 12.2. The van der Waals surface area contributed by atoms with E-state index in [0.717, 1.165) is 0 Å². The molecule has 142 valence electrons. The van der Waals surface area contributed by atoms with Crippen molar-refractivity contribution in [3.63, 3.8) is 0 Å². The summed E-state index contributed by atoms with van der Waals surface area (Å²) < 4.78 is 6.23. The number of halogens is 1. The van der Waals surface area contributed by atoms with Crippen LogP contribution in [0, 0.1) is 5.92 Å². The van der Waals surface area contributed by atoms with Crippen LogP contribution in [-0.2, 0) is 0 Å². The summed E-state index contributed by atoms with van der Waals surface area (Å²) in [6, 6.07) is 13.7. The first-order valence-corrected chi connectivity index (χ1v) is 9.46. The molecule has 0 saturated carbocycles. The zero-order valence-electron chi connectivity index (χ0n) is 14.9. The molecule has 0 radical (unpaired) electrons. The van der Waals surface area contributed by atoms with Gasteiger partial charge in [0.25, 0.3) is 11.8 Å². The number of carbonyl (C=O) groups excluding carboxylic acids is 2. The predicted octanol–water partition coefficient (Wildman–Crippen LogP) is 3.43. The minimum Gasteiger partial charge on any atom is -0.493 e. The Morgan fingerprint density at radius 1 is 1.04 bits per heavy atom. The van der Waals surface area contributed by atoms with E-state index in [1.54, 1.807) is 48.5 Å².